The first-order valence-corrected chi connectivity index (χ1v) is 8.06. The van der Waals surface area contributed by atoms with E-state index in [1.165, 1.54) is 19.3 Å². The molecule has 3 heteroatoms. The molecule has 2 aliphatic rings. The van der Waals surface area contributed by atoms with Crippen molar-refractivity contribution in [2.24, 2.45) is 23.5 Å². The summed E-state index contributed by atoms with van der Waals surface area (Å²) in [5.41, 5.74) is 6.07. The fraction of sp³-hybridized carbons (Fsp3) is 0.938. The minimum absolute atomic E-state index is 0.152. The zero-order chi connectivity index (χ0) is 14.0. The van der Waals surface area contributed by atoms with Crippen molar-refractivity contribution in [3.63, 3.8) is 0 Å². The fourth-order valence-corrected chi connectivity index (χ4v) is 3.83. The van der Waals surface area contributed by atoms with E-state index in [1.807, 2.05) is 0 Å². The number of carbonyl (C=O) groups is 1. The predicted octanol–water partition coefficient (Wildman–Crippen LogP) is 2.79. The number of nitrogens with zero attached hydrogens (tertiary/aromatic N) is 1. The standard InChI is InChI=1S/C16H30N2O/c1-11-6-5-9-18(13(11)3)16(19)12(2)14-7-4-8-15(17)10-14/h11-15H,4-10,17H2,1-3H3. The van der Waals surface area contributed by atoms with Crippen molar-refractivity contribution in [1.29, 1.82) is 0 Å². The summed E-state index contributed by atoms with van der Waals surface area (Å²) in [6, 6.07) is 0.715. The second-order valence-electron chi connectivity index (χ2n) is 6.87. The summed E-state index contributed by atoms with van der Waals surface area (Å²) in [5, 5.41) is 0. The van der Waals surface area contributed by atoms with Crippen LogP contribution < -0.4 is 5.73 Å². The summed E-state index contributed by atoms with van der Waals surface area (Å²) in [4.78, 5) is 14.9. The number of rotatable bonds is 2. The summed E-state index contributed by atoms with van der Waals surface area (Å²) >= 11 is 0. The van der Waals surface area contributed by atoms with Gasteiger partial charge in [-0.05, 0) is 50.9 Å². The third-order valence-corrected chi connectivity index (χ3v) is 5.51. The van der Waals surface area contributed by atoms with Gasteiger partial charge in [0.1, 0.15) is 0 Å². The zero-order valence-electron chi connectivity index (χ0n) is 12.8. The Morgan fingerprint density at radius 1 is 1.21 bits per heavy atom. The number of nitrogens with two attached hydrogens (primary N) is 1. The molecule has 2 rings (SSSR count). The molecule has 1 aliphatic carbocycles. The summed E-state index contributed by atoms with van der Waals surface area (Å²) in [6.45, 7) is 7.55. The van der Waals surface area contributed by atoms with E-state index in [1.54, 1.807) is 0 Å². The molecule has 2 N–H and O–H groups in total. The Morgan fingerprint density at radius 3 is 2.63 bits per heavy atom. The van der Waals surface area contributed by atoms with Crippen molar-refractivity contribution in [1.82, 2.24) is 4.90 Å². The second-order valence-corrected chi connectivity index (χ2v) is 6.87. The number of piperidine rings is 1. The van der Waals surface area contributed by atoms with Crippen LogP contribution in [-0.2, 0) is 4.79 Å². The Hall–Kier alpha value is -0.570. The quantitative estimate of drug-likeness (QED) is 0.835. The highest BCUT2D eigenvalue weighted by Crippen LogP contribution is 2.32. The van der Waals surface area contributed by atoms with Gasteiger partial charge in [0, 0.05) is 24.5 Å². The van der Waals surface area contributed by atoms with Gasteiger partial charge in [0.05, 0.1) is 0 Å². The van der Waals surface area contributed by atoms with Gasteiger partial charge in [0.25, 0.3) is 0 Å². The van der Waals surface area contributed by atoms with Gasteiger partial charge in [-0.2, -0.15) is 0 Å². The number of likely N-dealkylation sites (tertiary alicyclic amines) is 1. The van der Waals surface area contributed by atoms with Gasteiger partial charge < -0.3 is 10.6 Å². The molecule has 3 nitrogen and oxygen atoms in total. The van der Waals surface area contributed by atoms with E-state index in [4.69, 9.17) is 5.73 Å². The van der Waals surface area contributed by atoms with E-state index in [-0.39, 0.29) is 5.92 Å². The highest BCUT2D eigenvalue weighted by Gasteiger charge is 2.35. The third kappa shape index (κ3) is 3.31. The van der Waals surface area contributed by atoms with Crippen LogP contribution in [0.2, 0.25) is 0 Å². The first-order valence-electron chi connectivity index (χ1n) is 8.06. The van der Waals surface area contributed by atoms with Gasteiger partial charge >= 0.3 is 0 Å². The molecule has 0 aromatic heterocycles. The van der Waals surface area contributed by atoms with Crippen molar-refractivity contribution in [2.75, 3.05) is 6.54 Å². The first kappa shape index (κ1) is 14.8. The SMILES string of the molecule is CC1CCCN(C(=O)C(C)C2CCCC(N)C2)C1C. The number of carbonyl (C=O) groups excluding carboxylic acids is 1. The van der Waals surface area contributed by atoms with Gasteiger partial charge in [-0.25, -0.2) is 0 Å². The van der Waals surface area contributed by atoms with E-state index < -0.39 is 0 Å². The van der Waals surface area contributed by atoms with Gasteiger partial charge in [-0.15, -0.1) is 0 Å². The molecule has 1 aliphatic heterocycles. The van der Waals surface area contributed by atoms with Crippen LogP contribution in [0.25, 0.3) is 0 Å². The van der Waals surface area contributed by atoms with Crippen molar-refractivity contribution in [3.8, 4) is 0 Å². The maximum atomic E-state index is 12.7. The molecule has 2 fully saturated rings. The summed E-state index contributed by atoms with van der Waals surface area (Å²) in [5.74, 6) is 1.66. The maximum Gasteiger partial charge on any atom is 0.225 e. The van der Waals surface area contributed by atoms with Crippen LogP contribution in [0.1, 0.15) is 59.3 Å². The smallest absolute Gasteiger partial charge is 0.225 e. The van der Waals surface area contributed by atoms with Gasteiger partial charge in [-0.3, -0.25) is 4.79 Å². The zero-order valence-corrected chi connectivity index (χ0v) is 12.8. The Kier molecular flexibility index (Phi) is 4.88. The Morgan fingerprint density at radius 2 is 1.95 bits per heavy atom. The van der Waals surface area contributed by atoms with Crippen molar-refractivity contribution in [2.45, 2.75) is 71.4 Å². The Labute approximate surface area is 117 Å². The molecule has 1 saturated heterocycles. The molecule has 0 spiro atoms. The number of hydrogen-bond donors (Lipinski definition) is 1. The van der Waals surface area contributed by atoms with Crippen LogP contribution in [0.3, 0.4) is 0 Å². The van der Waals surface area contributed by atoms with E-state index in [0.29, 0.717) is 29.8 Å². The van der Waals surface area contributed by atoms with Crippen LogP contribution in [0, 0.1) is 17.8 Å². The molecule has 19 heavy (non-hydrogen) atoms. The molecule has 110 valence electrons. The number of amides is 1. The fourth-order valence-electron chi connectivity index (χ4n) is 3.83. The molecule has 0 aromatic rings. The predicted molar refractivity (Wildman–Crippen MR) is 78.7 cm³/mol. The van der Waals surface area contributed by atoms with Crippen LogP contribution in [0.5, 0.6) is 0 Å². The van der Waals surface area contributed by atoms with E-state index in [0.717, 1.165) is 25.8 Å². The average molecular weight is 266 g/mol. The monoisotopic (exact) mass is 266 g/mol. The van der Waals surface area contributed by atoms with Gasteiger partial charge in [0.2, 0.25) is 5.91 Å². The van der Waals surface area contributed by atoms with E-state index in [2.05, 4.69) is 25.7 Å². The highest BCUT2D eigenvalue weighted by molar-refractivity contribution is 5.79. The van der Waals surface area contributed by atoms with Crippen LogP contribution in [0.4, 0.5) is 0 Å². The van der Waals surface area contributed by atoms with E-state index >= 15 is 0 Å². The van der Waals surface area contributed by atoms with Crippen molar-refractivity contribution >= 4 is 5.91 Å². The minimum atomic E-state index is 0.152. The molecular formula is C16H30N2O. The normalized spacial score (nSPS) is 38.0. The van der Waals surface area contributed by atoms with Crippen LogP contribution in [0.15, 0.2) is 0 Å². The molecule has 0 aromatic carbocycles. The molecular weight excluding hydrogens is 236 g/mol. The van der Waals surface area contributed by atoms with Crippen molar-refractivity contribution < 1.29 is 4.79 Å². The lowest BCUT2D eigenvalue weighted by Crippen LogP contribution is -2.49. The largest absolute Gasteiger partial charge is 0.339 e. The summed E-state index contributed by atoms with van der Waals surface area (Å²) < 4.78 is 0. The second kappa shape index (κ2) is 6.25. The summed E-state index contributed by atoms with van der Waals surface area (Å²) in [6.07, 6.45) is 6.95. The molecule has 1 amide bonds. The summed E-state index contributed by atoms with van der Waals surface area (Å²) in [7, 11) is 0. The minimum Gasteiger partial charge on any atom is -0.339 e. The molecule has 1 saturated carbocycles. The number of hydrogen-bond acceptors (Lipinski definition) is 2. The van der Waals surface area contributed by atoms with E-state index in [9.17, 15) is 4.79 Å². The topological polar surface area (TPSA) is 46.3 Å². The lowest BCUT2D eigenvalue weighted by molar-refractivity contribution is -0.141. The highest BCUT2D eigenvalue weighted by atomic mass is 16.2. The lowest BCUT2D eigenvalue weighted by atomic mass is 9.77. The van der Waals surface area contributed by atoms with Gasteiger partial charge in [0.15, 0.2) is 0 Å². The molecule has 1 heterocycles. The maximum absolute atomic E-state index is 12.7. The van der Waals surface area contributed by atoms with Crippen LogP contribution in [-0.4, -0.2) is 29.4 Å². The third-order valence-electron chi connectivity index (χ3n) is 5.51. The van der Waals surface area contributed by atoms with Gasteiger partial charge in [-0.1, -0.05) is 20.3 Å². The first-order chi connectivity index (χ1) is 9.00. The lowest BCUT2D eigenvalue weighted by Gasteiger charge is -2.41. The Balaban J connectivity index is 1.97. The molecule has 5 unspecified atom stereocenters. The van der Waals surface area contributed by atoms with Crippen LogP contribution >= 0.6 is 0 Å². The molecule has 5 atom stereocenters. The Bertz CT molecular complexity index is 318. The molecule has 0 radical (unpaired) electrons. The molecule has 0 bridgehead atoms. The average Bonchev–Trinajstić information content (AvgIpc) is 2.40. The van der Waals surface area contributed by atoms with Crippen molar-refractivity contribution in [3.05, 3.63) is 0 Å².